The van der Waals surface area contributed by atoms with Gasteiger partial charge in [0.1, 0.15) is 5.82 Å². The Kier molecular flexibility index (Phi) is 5.39. The summed E-state index contributed by atoms with van der Waals surface area (Å²) in [5, 5.41) is 4.15. The molecular formula is C18H14F4N4O2. The summed E-state index contributed by atoms with van der Waals surface area (Å²) in [6, 6.07) is 6.89. The summed E-state index contributed by atoms with van der Waals surface area (Å²) in [5.74, 6) is -0.450. The van der Waals surface area contributed by atoms with Crippen molar-refractivity contribution < 1.29 is 22.3 Å². The van der Waals surface area contributed by atoms with Crippen molar-refractivity contribution in [2.75, 3.05) is 6.61 Å². The van der Waals surface area contributed by atoms with E-state index in [4.69, 9.17) is 0 Å². The molecule has 3 rings (SSSR count). The normalized spacial score (nSPS) is 11.5. The van der Waals surface area contributed by atoms with Crippen molar-refractivity contribution in [3.8, 4) is 17.3 Å². The van der Waals surface area contributed by atoms with Gasteiger partial charge in [-0.15, -0.1) is 0 Å². The Labute approximate surface area is 156 Å². The molecule has 0 spiro atoms. The predicted octanol–water partition coefficient (Wildman–Crippen LogP) is 3.14. The highest BCUT2D eigenvalue weighted by Gasteiger charge is 2.28. The second-order valence-corrected chi connectivity index (χ2v) is 5.97. The van der Waals surface area contributed by atoms with Crippen LogP contribution in [-0.2, 0) is 6.54 Å². The minimum Gasteiger partial charge on any atom is -0.454 e. The maximum absolute atomic E-state index is 14.0. The van der Waals surface area contributed by atoms with Gasteiger partial charge in [0.2, 0.25) is 0 Å². The fraction of sp³-hybridized carbons (Fsp3) is 0.222. The molecule has 6 nitrogen and oxygen atoms in total. The largest absolute Gasteiger partial charge is 0.454 e. The summed E-state index contributed by atoms with van der Waals surface area (Å²) in [4.78, 5) is 19.4. The molecule has 0 radical (unpaired) electrons. The first-order chi connectivity index (χ1) is 13.2. The zero-order chi connectivity index (χ0) is 20.3. The van der Waals surface area contributed by atoms with E-state index in [-0.39, 0.29) is 6.54 Å². The van der Waals surface area contributed by atoms with Crippen molar-refractivity contribution in [1.82, 2.24) is 19.7 Å². The van der Waals surface area contributed by atoms with E-state index >= 15 is 0 Å². The van der Waals surface area contributed by atoms with Crippen molar-refractivity contribution in [1.29, 1.82) is 0 Å². The summed E-state index contributed by atoms with van der Waals surface area (Å²) in [5.41, 5.74) is 1.27. The van der Waals surface area contributed by atoms with E-state index in [0.717, 1.165) is 10.2 Å². The lowest BCUT2D eigenvalue weighted by Crippen LogP contribution is -2.23. The maximum Gasteiger partial charge on any atom is 0.422 e. The summed E-state index contributed by atoms with van der Waals surface area (Å²) < 4.78 is 56.0. The topological polar surface area (TPSA) is 69.9 Å². The number of aromatic nitrogens is 4. The number of hydrogen-bond acceptors (Lipinski definition) is 5. The van der Waals surface area contributed by atoms with E-state index < -0.39 is 30.2 Å². The van der Waals surface area contributed by atoms with Crippen LogP contribution in [0.2, 0.25) is 0 Å². The van der Waals surface area contributed by atoms with Gasteiger partial charge in [-0.3, -0.25) is 4.79 Å². The minimum atomic E-state index is -4.50. The number of rotatable bonds is 5. The van der Waals surface area contributed by atoms with Crippen LogP contribution in [0.15, 0.2) is 47.5 Å². The summed E-state index contributed by atoms with van der Waals surface area (Å²) >= 11 is 0. The third-order valence-electron chi connectivity index (χ3n) is 3.68. The van der Waals surface area contributed by atoms with Gasteiger partial charge in [0.25, 0.3) is 5.56 Å². The molecule has 0 aliphatic carbocycles. The third-order valence-corrected chi connectivity index (χ3v) is 3.68. The molecular weight excluding hydrogens is 380 g/mol. The van der Waals surface area contributed by atoms with Crippen molar-refractivity contribution in [3.63, 3.8) is 0 Å². The van der Waals surface area contributed by atoms with Crippen LogP contribution < -0.4 is 10.3 Å². The molecule has 0 aliphatic rings. The molecule has 0 N–H and O–H groups in total. The Bertz CT molecular complexity index is 1030. The molecule has 3 aromatic rings. The predicted molar refractivity (Wildman–Crippen MR) is 91.3 cm³/mol. The molecule has 1 aromatic carbocycles. The Balaban J connectivity index is 1.82. The van der Waals surface area contributed by atoms with Gasteiger partial charge >= 0.3 is 12.2 Å². The van der Waals surface area contributed by atoms with E-state index in [2.05, 4.69) is 19.8 Å². The second-order valence-electron chi connectivity index (χ2n) is 5.97. The third kappa shape index (κ3) is 4.90. The molecule has 28 heavy (non-hydrogen) atoms. The van der Waals surface area contributed by atoms with E-state index in [0.29, 0.717) is 16.8 Å². The van der Waals surface area contributed by atoms with Crippen LogP contribution in [0.1, 0.15) is 11.1 Å². The van der Waals surface area contributed by atoms with E-state index in [9.17, 15) is 22.4 Å². The van der Waals surface area contributed by atoms with Crippen molar-refractivity contribution in [2.45, 2.75) is 19.6 Å². The molecule has 0 saturated heterocycles. The Morgan fingerprint density at radius 3 is 2.46 bits per heavy atom. The first kappa shape index (κ1) is 19.5. The number of halogens is 4. The number of hydrogen-bond donors (Lipinski definition) is 0. The van der Waals surface area contributed by atoms with Crippen molar-refractivity contribution in [2.24, 2.45) is 0 Å². The highest BCUT2D eigenvalue weighted by Crippen LogP contribution is 2.18. The van der Waals surface area contributed by atoms with Crippen LogP contribution in [0.4, 0.5) is 17.6 Å². The highest BCUT2D eigenvalue weighted by atomic mass is 19.4. The fourth-order valence-corrected chi connectivity index (χ4v) is 2.33. The maximum atomic E-state index is 14.0. The lowest BCUT2D eigenvalue weighted by atomic mass is 10.1. The quantitative estimate of drug-likeness (QED) is 0.622. The van der Waals surface area contributed by atoms with Crippen LogP contribution in [0.5, 0.6) is 6.01 Å². The summed E-state index contributed by atoms with van der Waals surface area (Å²) in [6.45, 7) is 0.171. The van der Waals surface area contributed by atoms with Gasteiger partial charge in [-0.1, -0.05) is 12.1 Å². The van der Waals surface area contributed by atoms with Crippen LogP contribution in [-0.4, -0.2) is 32.5 Å². The summed E-state index contributed by atoms with van der Waals surface area (Å²) in [6.07, 6.45) is -2.05. The van der Waals surface area contributed by atoms with Gasteiger partial charge in [0.15, 0.2) is 6.61 Å². The molecule has 2 heterocycles. The molecule has 0 aliphatic heterocycles. The first-order valence-corrected chi connectivity index (χ1v) is 8.06. The number of nitrogens with zero attached hydrogens (tertiary/aromatic N) is 4. The van der Waals surface area contributed by atoms with E-state index in [1.54, 1.807) is 19.1 Å². The van der Waals surface area contributed by atoms with Crippen molar-refractivity contribution in [3.05, 3.63) is 70.0 Å². The lowest BCUT2D eigenvalue weighted by molar-refractivity contribution is -0.154. The van der Waals surface area contributed by atoms with Gasteiger partial charge in [0.05, 0.1) is 12.2 Å². The number of aryl methyl sites for hydroxylation is 1. The van der Waals surface area contributed by atoms with Gasteiger partial charge in [-0.2, -0.15) is 18.3 Å². The lowest BCUT2D eigenvalue weighted by Gasteiger charge is -2.09. The highest BCUT2D eigenvalue weighted by molar-refractivity contribution is 5.55. The average molecular weight is 394 g/mol. The van der Waals surface area contributed by atoms with Crippen molar-refractivity contribution >= 4 is 0 Å². The van der Waals surface area contributed by atoms with Gasteiger partial charge in [0, 0.05) is 29.6 Å². The van der Waals surface area contributed by atoms with E-state index in [1.807, 2.05) is 0 Å². The van der Waals surface area contributed by atoms with Crippen LogP contribution in [0.3, 0.4) is 0 Å². The fourth-order valence-electron chi connectivity index (χ4n) is 2.33. The average Bonchev–Trinajstić information content (AvgIpc) is 2.64. The Morgan fingerprint density at radius 1 is 1.11 bits per heavy atom. The monoisotopic (exact) mass is 394 g/mol. The smallest absolute Gasteiger partial charge is 0.422 e. The van der Waals surface area contributed by atoms with E-state index in [1.165, 1.54) is 30.6 Å². The molecule has 0 fully saturated rings. The van der Waals surface area contributed by atoms with Gasteiger partial charge in [-0.25, -0.2) is 19.0 Å². The SMILES string of the molecule is Cc1ccc(Cn2nc(-c3cnc(OCC(F)(F)F)nc3)ccc2=O)c(F)c1. The molecule has 146 valence electrons. The molecule has 0 atom stereocenters. The first-order valence-electron chi connectivity index (χ1n) is 8.06. The second kappa shape index (κ2) is 7.75. The minimum absolute atomic E-state index is 0.0770. The van der Waals surface area contributed by atoms with Crippen LogP contribution in [0.25, 0.3) is 11.3 Å². The molecule has 0 amide bonds. The molecule has 0 saturated carbocycles. The zero-order valence-corrected chi connectivity index (χ0v) is 14.6. The number of ether oxygens (including phenoxy) is 1. The molecule has 0 bridgehead atoms. The summed E-state index contributed by atoms with van der Waals surface area (Å²) in [7, 11) is 0. The number of benzene rings is 1. The molecule has 0 unspecified atom stereocenters. The van der Waals surface area contributed by atoms with Gasteiger partial charge in [-0.05, 0) is 24.6 Å². The zero-order valence-electron chi connectivity index (χ0n) is 14.6. The van der Waals surface area contributed by atoms with Crippen LogP contribution >= 0.6 is 0 Å². The Morgan fingerprint density at radius 2 is 1.82 bits per heavy atom. The standard InChI is InChI=1S/C18H14F4N4O2/c1-11-2-3-12(14(19)6-11)9-26-16(27)5-4-15(25-26)13-7-23-17(24-8-13)28-10-18(20,21)22/h2-8H,9-10H2,1H3. The van der Waals surface area contributed by atoms with Gasteiger partial charge < -0.3 is 4.74 Å². The van der Waals surface area contributed by atoms with Crippen LogP contribution in [0, 0.1) is 12.7 Å². The number of alkyl halides is 3. The Hall–Kier alpha value is -3.30. The molecule has 10 heteroatoms. The molecule has 2 aromatic heterocycles.